The number of para-hydroxylation sites is 2. The van der Waals surface area contributed by atoms with E-state index in [1.807, 2.05) is 62.4 Å². The van der Waals surface area contributed by atoms with Gasteiger partial charge >= 0.3 is 0 Å². The zero-order chi connectivity index (χ0) is 31.4. The van der Waals surface area contributed by atoms with Gasteiger partial charge in [-0.15, -0.1) is 0 Å². The minimum absolute atomic E-state index is 0.106. The standard InChI is InChI=1S/C41H48O2/c1-11-17-29-19-13-15-21-35(29)42-37-25-23-31(27-33(37)39(3,4)5)41(9,10)32-24-26-38(34(28-32)40(6,7)8)43-36-22-16-14-20-30(36)18-12-2/h11-28H,1-10H3/b17-11-,18-12-. The maximum atomic E-state index is 6.58. The number of hydrogen-bond acceptors (Lipinski definition) is 2. The van der Waals surface area contributed by atoms with Gasteiger partial charge in [0.1, 0.15) is 23.0 Å². The minimum atomic E-state index is -0.247. The summed E-state index contributed by atoms with van der Waals surface area (Å²) in [5, 5.41) is 0. The smallest absolute Gasteiger partial charge is 0.134 e. The van der Waals surface area contributed by atoms with Crippen molar-refractivity contribution < 1.29 is 9.47 Å². The molecule has 0 fully saturated rings. The lowest BCUT2D eigenvalue weighted by molar-refractivity contribution is 0.451. The van der Waals surface area contributed by atoms with Gasteiger partial charge in [-0.2, -0.15) is 0 Å². The Morgan fingerprint density at radius 2 is 0.837 bits per heavy atom. The number of hydrogen-bond donors (Lipinski definition) is 0. The van der Waals surface area contributed by atoms with Gasteiger partial charge in [-0.3, -0.25) is 0 Å². The molecule has 43 heavy (non-hydrogen) atoms. The molecule has 0 heterocycles. The zero-order valence-electron chi connectivity index (χ0n) is 27.7. The van der Waals surface area contributed by atoms with E-state index in [0.717, 1.165) is 34.1 Å². The number of allylic oxidation sites excluding steroid dienone is 2. The van der Waals surface area contributed by atoms with Crippen molar-refractivity contribution in [2.45, 2.75) is 85.5 Å². The largest absolute Gasteiger partial charge is 0.456 e. The van der Waals surface area contributed by atoms with Crippen LogP contribution in [0, 0.1) is 0 Å². The van der Waals surface area contributed by atoms with Crippen molar-refractivity contribution in [3.05, 3.63) is 130 Å². The maximum absolute atomic E-state index is 6.58. The molecule has 4 aromatic carbocycles. The van der Waals surface area contributed by atoms with Crippen LogP contribution in [0.4, 0.5) is 0 Å². The Morgan fingerprint density at radius 1 is 0.465 bits per heavy atom. The highest BCUT2D eigenvalue weighted by atomic mass is 16.5. The summed E-state index contributed by atoms with van der Waals surface area (Å²) in [4.78, 5) is 0. The third-order valence-corrected chi connectivity index (χ3v) is 7.99. The van der Waals surface area contributed by atoms with Gasteiger partial charge in [-0.25, -0.2) is 0 Å². The summed E-state index contributed by atoms with van der Waals surface area (Å²) >= 11 is 0. The van der Waals surface area contributed by atoms with Crippen LogP contribution in [0.3, 0.4) is 0 Å². The Morgan fingerprint density at radius 3 is 1.19 bits per heavy atom. The molecule has 0 aliphatic rings. The van der Waals surface area contributed by atoms with Gasteiger partial charge in [-0.05, 0) is 60.1 Å². The highest BCUT2D eigenvalue weighted by Crippen LogP contribution is 2.43. The van der Waals surface area contributed by atoms with E-state index in [-0.39, 0.29) is 16.2 Å². The molecular formula is C41H48O2. The average molecular weight is 573 g/mol. The summed E-state index contributed by atoms with van der Waals surface area (Å²) in [6.07, 6.45) is 8.26. The first-order valence-electron chi connectivity index (χ1n) is 15.3. The maximum Gasteiger partial charge on any atom is 0.134 e. The Balaban J connectivity index is 1.77. The highest BCUT2D eigenvalue weighted by Gasteiger charge is 2.30. The molecule has 4 aromatic rings. The molecule has 0 aromatic heterocycles. The van der Waals surface area contributed by atoms with Gasteiger partial charge in [0.25, 0.3) is 0 Å². The van der Waals surface area contributed by atoms with Crippen LogP contribution in [0.15, 0.2) is 97.1 Å². The van der Waals surface area contributed by atoms with E-state index in [4.69, 9.17) is 9.47 Å². The van der Waals surface area contributed by atoms with E-state index in [1.165, 1.54) is 22.3 Å². The van der Waals surface area contributed by atoms with E-state index in [1.54, 1.807) is 0 Å². The summed E-state index contributed by atoms with van der Waals surface area (Å²) in [6.45, 7) is 22.2. The van der Waals surface area contributed by atoms with Gasteiger partial charge in [0.05, 0.1) is 0 Å². The van der Waals surface area contributed by atoms with Crippen LogP contribution in [-0.2, 0) is 16.2 Å². The van der Waals surface area contributed by atoms with Crippen LogP contribution in [-0.4, -0.2) is 0 Å². The van der Waals surface area contributed by atoms with Crippen LogP contribution < -0.4 is 9.47 Å². The topological polar surface area (TPSA) is 18.5 Å². The summed E-state index contributed by atoms with van der Waals surface area (Å²) in [7, 11) is 0. The summed E-state index contributed by atoms with van der Waals surface area (Å²) < 4.78 is 13.2. The molecule has 0 atom stereocenters. The minimum Gasteiger partial charge on any atom is -0.456 e. The van der Waals surface area contributed by atoms with Gasteiger partial charge in [0, 0.05) is 27.7 Å². The predicted molar refractivity (Wildman–Crippen MR) is 185 cm³/mol. The fourth-order valence-corrected chi connectivity index (χ4v) is 5.37. The Labute approximate surface area is 260 Å². The third-order valence-electron chi connectivity index (χ3n) is 7.99. The molecule has 2 heteroatoms. The molecule has 2 nitrogen and oxygen atoms in total. The average Bonchev–Trinajstić information content (AvgIpc) is 2.94. The first-order valence-corrected chi connectivity index (χ1v) is 15.3. The van der Waals surface area contributed by atoms with E-state index < -0.39 is 0 Å². The third kappa shape index (κ3) is 7.31. The van der Waals surface area contributed by atoms with E-state index in [0.29, 0.717) is 0 Å². The number of rotatable bonds is 8. The summed E-state index contributed by atoms with van der Waals surface area (Å²) in [5.74, 6) is 3.50. The summed E-state index contributed by atoms with van der Waals surface area (Å²) in [5.41, 5.74) is 6.55. The van der Waals surface area contributed by atoms with Crippen molar-refractivity contribution in [1.29, 1.82) is 0 Å². The second kappa shape index (κ2) is 12.7. The summed E-state index contributed by atoms with van der Waals surface area (Å²) in [6, 6.07) is 29.8. The normalized spacial score (nSPS) is 12.7. The number of benzene rings is 4. The van der Waals surface area contributed by atoms with Crippen LogP contribution in [0.1, 0.15) is 103 Å². The molecule has 0 unspecified atom stereocenters. The Hall–Kier alpha value is -4.04. The van der Waals surface area contributed by atoms with Gasteiger partial charge in [0.2, 0.25) is 0 Å². The van der Waals surface area contributed by atoms with Crippen molar-refractivity contribution in [3.63, 3.8) is 0 Å². The molecule has 0 aliphatic carbocycles. The molecule has 0 radical (unpaired) electrons. The van der Waals surface area contributed by atoms with Crippen LogP contribution >= 0.6 is 0 Å². The van der Waals surface area contributed by atoms with E-state index in [9.17, 15) is 0 Å². The second-order valence-corrected chi connectivity index (χ2v) is 13.8. The van der Waals surface area contributed by atoms with E-state index >= 15 is 0 Å². The van der Waals surface area contributed by atoms with Crippen molar-refractivity contribution in [3.8, 4) is 23.0 Å². The lowest BCUT2D eigenvalue weighted by Gasteiger charge is -2.32. The predicted octanol–water partition coefficient (Wildman–Crippen LogP) is 12.3. The molecule has 0 aliphatic heterocycles. The van der Waals surface area contributed by atoms with Gasteiger partial charge < -0.3 is 9.47 Å². The van der Waals surface area contributed by atoms with Crippen LogP contribution in [0.2, 0.25) is 0 Å². The molecular weight excluding hydrogens is 524 g/mol. The fourth-order valence-electron chi connectivity index (χ4n) is 5.37. The fraction of sp³-hybridized carbons (Fsp3) is 0.317. The van der Waals surface area contributed by atoms with Gasteiger partial charge in [-0.1, -0.05) is 140 Å². The van der Waals surface area contributed by atoms with Crippen molar-refractivity contribution in [2.75, 3.05) is 0 Å². The number of ether oxygens (including phenoxy) is 2. The van der Waals surface area contributed by atoms with Crippen LogP contribution in [0.25, 0.3) is 12.2 Å². The lowest BCUT2D eigenvalue weighted by atomic mass is 9.73. The Bertz CT molecular complexity index is 1500. The molecule has 224 valence electrons. The second-order valence-electron chi connectivity index (χ2n) is 13.8. The lowest BCUT2D eigenvalue weighted by Crippen LogP contribution is -2.23. The molecule has 0 spiro atoms. The first-order chi connectivity index (χ1) is 20.3. The molecule has 0 amide bonds. The van der Waals surface area contributed by atoms with Crippen molar-refractivity contribution in [2.24, 2.45) is 0 Å². The van der Waals surface area contributed by atoms with Crippen molar-refractivity contribution in [1.82, 2.24) is 0 Å². The molecule has 0 bridgehead atoms. The monoisotopic (exact) mass is 572 g/mol. The molecule has 0 saturated heterocycles. The molecule has 4 rings (SSSR count). The zero-order valence-corrected chi connectivity index (χ0v) is 27.7. The quantitative estimate of drug-likeness (QED) is 0.209. The first kappa shape index (κ1) is 31.9. The highest BCUT2D eigenvalue weighted by molar-refractivity contribution is 5.60. The molecule has 0 N–H and O–H groups in total. The Kier molecular flexibility index (Phi) is 9.40. The van der Waals surface area contributed by atoms with Crippen LogP contribution in [0.5, 0.6) is 23.0 Å². The SMILES string of the molecule is C/C=C\c1ccccc1Oc1ccc(C(C)(C)c2ccc(Oc3ccccc3/C=C\C)c(C(C)(C)C)c2)cc1C(C)(C)C. The molecule has 0 saturated carbocycles. The van der Waals surface area contributed by atoms with Crippen molar-refractivity contribution >= 4 is 12.2 Å². The van der Waals surface area contributed by atoms with Gasteiger partial charge in [0.15, 0.2) is 0 Å². The van der Waals surface area contributed by atoms with E-state index in [2.05, 4.69) is 116 Å².